The summed E-state index contributed by atoms with van der Waals surface area (Å²) in [6.07, 6.45) is 0. The molecule has 0 amide bonds. The number of hydrogen-bond donors (Lipinski definition) is 2. The molecule has 48 heavy (non-hydrogen) atoms. The van der Waals surface area contributed by atoms with Gasteiger partial charge in [0.15, 0.2) is 0 Å². The molecule has 5 aromatic carbocycles. The average Bonchev–Trinajstić information content (AvgIpc) is 3.07. The molecule has 0 bridgehead atoms. The minimum Gasteiger partial charge on any atom is -0.278 e. The van der Waals surface area contributed by atoms with Crippen molar-refractivity contribution in [3.05, 3.63) is 144 Å². The fourth-order valence-corrected chi connectivity index (χ4v) is 8.16. The molecular weight excluding hydrogens is 677 g/mol. The first-order valence-electron chi connectivity index (χ1n) is 14.8. The fourth-order valence-electron chi connectivity index (χ4n) is 4.37. The van der Waals surface area contributed by atoms with E-state index < -0.39 is 20.0 Å². The second kappa shape index (κ2) is 16.0. The third-order valence-corrected chi connectivity index (χ3v) is 11.5. The molecule has 0 radical (unpaired) electrons. The van der Waals surface area contributed by atoms with Crippen LogP contribution in [0.2, 0.25) is 0 Å². The maximum Gasteiger partial charge on any atom is 0.261 e. The van der Waals surface area contributed by atoms with Crippen molar-refractivity contribution in [2.45, 2.75) is 33.4 Å². The van der Waals surface area contributed by atoms with E-state index in [4.69, 9.17) is 0 Å². The van der Waals surface area contributed by atoms with Gasteiger partial charge in [-0.05, 0) is 80.6 Å². The van der Waals surface area contributed by atoms with Crippen molar-refractivity contribution in [1.82, 2.24) is 0 Å². The summed E-state index contributed by atoms with van der Waals surface area (Å²) < 4.78 is 57.1. The van der Waals surface area contributed by atoms with Crippen LogP contribution in [-0.2, 0) is 20.0 Å². The van der Waals surface area contributed by atoms with Gasteiger partial charge in [-0.3, -0.25) is 9.44 Å². The lowest BCUT2D eigenvalue weighted by Gasteiger charge is -2.11. The van der Waals surface area contributed by atoms with Gasteiger partial charge in [-0.2, -0.15) is 0 Å². The molecule has 242 valence electrons. The first-order valence-corrected chi connectivity index (χ1v) is 19.7. The summed E-state index contributed by atoms with van der Waals surface area (Å²) in [5, 5.41) is 0. The quantitative estimate of drug-likeness (QED) is 0.112. The zero-order valence-electron chi connectivity index (χ0n) is 26.2. The number of benzene rings is 5. The topological polar surface area (TPSA) is 92.3 Å². The first kappa shape index (κ1) is 34.7. The lowest BCUT2D eigenvalue weighted by molar-refractivity contribution is 0.599. The van der Waals surface area contributed by atoms with Gasteiger partial charge in [-0.25, -0.2) is 16.8 Å². The number of nitrogens with one attached hydrogen (secondary N) is 2. The monoisotopic (exact) mass is 708 g/mol. The number of anilines is 2. The predicted octanol–water partition coefficient (Wildman–Crippen LogP) is 8.19. The zero-order chi connectivity index (χ0) is 34.0. The Kier molecular flexibility index (Phi) is 11.6. The molecule has 0 aliphatic carbocycles. The highest BCUT2D eigenvalue weighted by Gasteiger charge is 2.17. The summed E-state index contributed by atoms with van der Waals surface area (Å²) in [5.74, 6) is 13.6. The number of hydrogen-bond acceptors (Lipinski definition) is 6. The number of para-hydroxylation sites is 2. The van der Waals surface area contributed by atoms with Gasteiger partial charge in [-0.1, -0.05) is 89.4 Å². The van der Waals surface area contributed by atoms with E-state index in [9.17, 15) is 16.8 Å². The molecule has 5 rings (SSSR count). The van der Waals surface area contributed by atoms with Crippen LogP contribution < -0.4 is 9.44 Å². The molecule has 0 saturated heterocycles. The summed E-state index contributed by atoms with van der Waals surface area (Å²) >= 11 is 2.91. The molecule has 2 N–H and O–H groups in total. The highest BCUT2D eigenvalue weighted by molar-refractivity contribution is 8.00. The molecule has 0 fully saturated rings. The van der Waals surface area contributed by atoms with Gasteiger partial charge in [0.1, 0.15) is 0 Å². The minimum absolute atomic E-state index is 0.209. The maximum absolute atomic E-state index is 12.9. The van der Waals surface area contributed by atoms with Crippen LogP contribution in [0.4, 0.5) is 11.4 Å². The van der Waals surface area contributed by atoms with Crippen LogP contribution in [0, 0.1) is 37.5 Å². The maximum atomic E-state index is 12.9. The molecule has 0 aromatic heterocycles. The minimum atomic E-state index is -3.72. The lowest BCUT2D eigenvalue weighted by atomic mass is 10.1. The molecule has 0 unspecified atom stereocenters. The largest absolute Gasteiger partial charge is 0.278 e. The van der Waals surface area contributed by atoms with E-state index in [2.05, 4.69) is 33.1 Å². The molecule has 0 spiro atoms. The summed E-state index contributed by atoms with van der Waals surface area (Å²) in [7, 11) is -7.44. The Morgan fingerprint density at radius 3 is 1.33 bits per heavy atom. The normalized spacial score (nSPS) is 11.0. The van der Waals surface area contributed by atoms with Gasteiger partial charge in [0, 0.05) is 20.9 Å². The van der Waals surface area contributed by atoms with Gasteiger partial charge >= 0.3 is 0 Å². The predicted molar refractivity (Wildman–Crippen MR) is 199 cm³/mol. The van der Waals surface area contributed by atoms with Crippen LogP contribution in [0.3, 0.4) is 0 Å². The summed E-state index contributed by atoms with van der Waals surface area (Å²) in [6, 6.07) is 35.6. The number of thioether (sulfide) groups is 2. The molecular formula is C38H32N2O4S4. The van der Waals surface area contributed by atoms with Crippen molar-refractivity contribution in [2.75, 3.05) is 20.9 Å². The Bertz CT molecular complexity index is 2090. The number of sulfonamides is 2. The Morgan fingerprint density at radius 2 is 0.917 bits per heavy atom. The Labute approximate surface area is 291 Å². The van der Waals surface area contributed by atoms with Crippen LogP contribution in [-0.4, -0.2) is 28.3 Å². The molecule has 0 aliphatic heterocycles. The van der Waals surface area contributed by atoms with Crippen molar-refractivity contribution in [1.29, 1.82) is 0 Å². The fraction of sp³-hybridized carbons (Fsp3) is 0.105. The van der Waals surface area contributed by atoms with Crippen molar-refractivity contribution in [3.63, 3.8) is 0 Å². The van der Waals surface area contributed by atoms with E-state index in [1.165, 1.54) is 23.5 Å². The standard InChI is InChI=1S/C38H32N2O4S4/c1-29-18-22-33(23-19-29)47(41,42)39-35-14-3-5-16-37(35)45-26-8-12-31-10-7-11-32(28-31)13-9-27-46-38-17-6-4-15-36(38)40-48(43,44)34-24-20-30(2)21-25-34/h3-7,10-11,14-25,28,39-40H,26-27H2,1-2H3. The molecule has 6 nitrogen and oxygen atoms in total. The smallest absolute Gasteiger partial charge is 0.261 e. The van der Waals surface area contributed by atoms with Crippen LogP contribution in [0.1, 0.15) is 22.3 Å². The molecule has 5 aromatic rings. The second-order valence-electron chi connectivity index (χ2n) is 10.6. The van der Waals surface area contributed by atoms with E-state index >= 15 is 0 Å². The molecule has 0 heterocycles. The SMILES string of the molecule is Cc1ccc(S(=O)(=O)Nc2ccccc2SCC#Cc2cccc(C#CCSc3ccccc3NS(=O)(=O)c3ccc(C)cc3)c2)cc1. The van der Waals surface area contributed by atoms with E-state index in [-0.39, 0.29) is 9.79 Å². The summed E-state index contributed by atoms with van der Waals surface area (Å²) in [4.78, 5) is 1.98. The van der Waals surface area contributed by atoms with E-state index in [0.29, 0.717) is 22.9 Å². The third-order valence-electron chi connectivity index (χ3n) is 6.85. The highest BCUT2D eigenvalue weighted by Crippen LogP contribution is 2.30. The molecule has 10 heteroatoms. The van der Waals surface area contributed by atoms with Crippen LogP contribution in [0.15, 0.2) is 141 Å². The van der Waals surface area contributed by atoms with Gasteiger partial charge in [0.25, 0.3) is 20.0 Å². The number of aryl methyl sites for hydroxylation is 2. The van der Waals surface area contributed by atoms with Crippen molar-refractivity contribution >= 4 is 54.9 Å². The lowest BCUT2D eigenvalue weighted by Crippen LogP contribution is -2.13. The Morgan fingerprint density at radius 1 is 0.521 bits per heavy atom. The first-order chi connectivity index (χ1) is 23.1. The zero-order valence-corrected chi connectivity index (χ0v) is 29.5. The number of rotatable bonds is 10. The second-order valence-corrected chi connectivity index (χ2v) is 16.0. The van der Waals surface area contributed by atoms with Crippen molar-refractivity contribution in [2.24, 2.45) is 0 Å². The molecule has 0 atom stereocenters. The van der Waals surface area contributed by atoms with Crippen LogP contribution in [0.5, 0.6) is 0 Å². The summed E-state index contributed by atoms with van der Waals surface area (Å²) in [6.45, 7) is 3.82. The van der Waals surface area contributed by atoms with Crippen LogP contribution in [0.25, 0.3) is 0 Å². The van der Waals surface area contributed by atoms with Crippen molar-refractivity contribution in [3.8, 4) is 23.7 Å². The van der Waals surface area contributed by atoms with E-state index in [1.807, 2.05) is 62.4 Å². The van der Waals surface area contributed by atoms with Crippen LogP contribution >= 0.6 is 23.5 Å². The Hall–Kier alpha value is -4.58. The average molecular weight is 709 g/mol. The van der Waals surface area contributed by atoms with Gasteiger partial charge in [0.05, 0.1) is 32.7 Å². The van der Waals surface area contributed by atoms with E-state index in [1.54, 1.807) is 72.8 Å². The molecule has 0 saturated carbocycles. The highest BCUT2D eigenvalue weighted by atomic mass is 32.2. The van der Waals surface area contributed by atoms with E-state index in [0.717, 1.165) is 32.0 Å². The molecule has 0 aliphatic rings. The Balaban J connectivity index is 1.17. The van der Waals surface area contributed by atoms with Gasteiger partial charge in [0.2, 0.25) is 0 Å². The van der Waals surface area contributed by atoms with Crippen molar-refractivity contribution < 1.29 is 16.8 Å². The van der Waals surface area contributed by atoms with Gasteiger partial charge < -0.3 is 0 Å². The summed E-state index contributed by atoms with van der Waals surface area (Å²) in [5.41, 5.74) is 4.62. The van der Waals surface area contributed by atoms with Gasteiger partial charge in [-0.15, -0.1) is 23.5 Å². The third kappa shape index (κ3) is 9.72.